The lowest BCUT2D eigenvalue weighted by atomic mass is 9.80. The minimum Gasteiger partial charge on any atom is -0.491 e. The summed E-state index contributed by atoms with van der Waals surface area (Å²) < 4.78 is 73.6. The smallest absolute Gasteiger partial charge is 0.143 e. The summed E-state index contributed by atoms with van der Waals surface area (Å²) >= 11 is 0. The van der Waals surface area contributed by atoms with Gasteiger partial charge in [-0.2, -0.15) is 0 Å². The molecule has 0 bridgehead atoms. The first-order chi connectivity index (χ1) is 30.9. The average Bonchev–Trinajstić information content (AvgIpc) is 3.32. The SMILES string of the molecule is c1ccc(OCCOCCOCCOCCOCCOCCOCCOCCOCCOCCOCCOCCOC(c2ccccc2)(c2ccccc2)c2ccccc2)cc1. The Kier molecular flexibility index (Phi) is 29.2. The Morgan fingerprint density at radius 2 is 0.435 bits per heavy atom. The summed E-state index contributed by atoms with van der Waals surface area (Å²) in [7, 11) is 0. The highest BCUT2D eigenvalue weighted by atomic mass is 16.6. The molecule has 0 unspecified atom stereocenters. The van der Waals surface area contributed by atoms with Crippen LogP contribution in [0.2, 0.25) is 0 Å². The molecular weight excluding hydrogens is 797 g/mol. The average molecular weight is 865 g/mol. The van der Waals surface area contributed by atoms with Crippen LogP contribution in [0.25, 0.3) is 0 Å². The van der Waals surface area contributed by atoms with Crippen molar-refractivity contribution in [3.63, 3.8) is 0 Å². The quantitative estimate of drug-likeness (QED) is 0.0370. The highest BCUT2D eigenvalue weighted by Gasteiger charge is 2.37. The van der Waals surface area contributed by atoms with E-state index in [1.54, 1.807) is 0 Å². The highest BCUT2D eigenvalue weighted by Crippen LogP contribution is 2.40. The molecule has 0 aliphatic carbocycles. The minimum atomic E-state index is -0.755. The van der Waals surface area contributed by atoms with Crippen LogP contribution >= 0.6 is 0 Å². The molecule has 62 heavy (non-hydrogen) atoms. The van der Waals surface area contributed by atoms with E-state index in [0.29, 0.717) is 159 Å². The Hall–Kier alpha value is -3.80. The fraction of sp³-hybridized carbons (Fsp3) is 0.510. The predicted octanol–water partition coefficient (Wildman–Crippen LogP) is 6.26. The first kappa shape index (κ1) is 50.8. The maximum atomic E-state index is 6.74. The largest absolute Gasteiger partial charge is 0.491 e. The molecule has 0 saturated heterocycles. The van der Waals surface area contributed by atoms with Crippen LogP contribution in [0.3, 0.4) is 0 Å². The first-order valence-electron chi connectivity index (χ1n) is 21.7. The van der Waals surface area contributed by atoms with Crippen LogP contribution < -0.4 is 4.74 Å². The van der Waals surface area contributed by atoms with E-state index >= 15 is 0 Å². The van der Waals surface area contributed by atoms with Crippen molar-refractivity contribution in [2.75, 3.05) is 159 Å². The monoisotopic (exact) mass is 864 g/mol. The Balaban J connectivity index is 0.826. The molecule has 0 aromatic heterocycles. The van der Waals surface area contributed by atoms with Crippen molar-refractivity contribution in [1.29, 1.82) is 0 Å². The van der Waals surface area contributed by atoms with Gasteiger partial charge in [-0.1, -0.05) is 109 Å². The maximum Gasteiger partial charge on any atom is 0.143 e. The Morgan fingerprint density at radius 3 is 0.694 bits per heavy atom. The predicted molar refractivity (Wildman–Crippen MR) is 236 cm³/mol. The normalized spacial score (nSPS) is 11.6. The molecule has 0 amide bonds. The van der Waals surface area contributed by atoms with Gasteiger partial charge in [0.1, 0.15) is 18.0 Å². The summed E-state index contributed by atoms with van der Waals surface area (Å²) in [4.78, 5) is 0. The molecular formula is C49H68O13. The van der Waals surface area contributed by atoms with Gasteiger partial charge in [0.05, 0.1) is 152 Å². The second-order valence-corrected chi connectivity index (χ2v) is 13.5. The zero-order valence-corrected chi connectivity index (χ0v) is 36.3. The molecule has 342 valence electrons. The second kappa shape index (κ2) is 35.6. The lowest BCUT2D eigenvalue weighted by molar-refractivity contribution is -0.0399. The summed E-state index contributed by atoms with van der Waals surface area (Å²) in [6.45, 7) is 11.9. The van der Waals surface area contributed by atoms with Crippen molar-refractivity contribution in [3.05, 3.63) is 138 Å². The fourth-order valence-corrected chi connectivity index (χ4v) is 6.06. The third-order valence-corrected chi connectivity index (χ3v) is 9.05. The van der Waals surface area contributed by atoms with Crippen LogP contribution in [0.4, 0.5) is 0 Å². The van der Waals surface area contributed by atoms with Crippen LogP contribution in [0.5, 0.6) is 5.75 Å². The van der Waals surface area contributed by atoms with Crippen LogP contribution in [0, 0.1) is 0 Å². The van der Waals surface area contributed by atoms with Gasteiger partial charge in [0, 0.05) is 0 Å². The maximum absolute atomic E-state index is 6.74. The van der Waals surface area contributed by atoms with Crippen molar-refractivity contribution in [3.8, 4) is 5.75 Å². The molecule has 0 aliphatic rings. The molecule has 0 fully saturated rings. The molecule has 13 heteroatoms. The number of para-hydroxylation sites is 1. The zero-order chi connectivity index (χ0) is 43.1. The van der Waals surface area contributed by atoms with E-state index in [0.717, 1.165) is 22.4 Å². The van der Waals surface area contributed by atoms with Crippen molar-refractivity contribution >= 4 is 0 Å². The van der Waals surface area contributed by atoms with Gasteiger partial charge in [0.25, 0.3) is 0 Å². The third kappa shape index (κ3) is 22.5. The summed E-state index contributed by atoms with van der Waals surface area (Å²) in [6, 6.07) is 40.7. The van der Waals surface area contributed by atoms with Gasteiger partial charge in [0.2, 0.25) is 0 Å². The van der Waals surface area contributed by atoms with Crippen LogP contribution in [-0.2, 0) is 62.4 Å². The van der Waals surface area contributed by atoms with Gasteiger partial charge in [-0.05, 0) is 28.8 Å². The number of benzene rings is 4. The lowest BCUT2D eigenvalue weighted by Crippen LogP contribution is -2.34. The highest BCUT2D eigenvalue weighted by molar-refractivity contribution is 5.47. The van der Waals surface area contributed by atoms with Gasteiger partial charge < -0.3 is 61.6 Å². The standard InChI is InChI=1S/C49H68O13/c1-5-13-45(14-6-1)49(46-15-7-2-8-16-46,47-17-9-3-10-18-47)62-44-42-60-40-38-58-36-34-56-32-30-54-28-26-52-24-22-50-21-23-51-25-27-53-29-31-55-33-35-57-37-39-59-41-43-61-48-19-11-4-12-20-48/h1-20H,21-44H2. The van der Waals surface area contributed by atoms with E-state index in [1.807, 2.05) is 84.9 Å². The fourth-order valence-electron chi connectivity index (χ4n) is 6.06. The topological polar surface area (TPSA) is 120 Å². The Morgan fingerprint density at radius 1 is 0.226 bits per heavy atom. The van der Waals surface area contributed by atoms with Gasteiger partial charge >= 0.3 is 0 Å². The molecule has 0 aliphatic heterocycles. The summed E-state index contributed by atoms with van der Waals surface area (Å²) in [5.41, 5.74) is 2.44. The van der Waals surface area contributed by atoms with Crippen LogP contribution in [0.15, 0.2) is 121 Å². The zero-order valence-electron chi connectivity index (χ0n) is 36.3. The lowest BCUT2D eigenvalue weighted by Gasteiger charge is -2.36. The van der Waals surface area contributed by atoms with Crippen LogP contribution in [-0.4, -0.2) is 159 Å². The van der Waals surface area contributed by atoms with Gasteiger partial charge in [-0.3, -0.25) is 0 Å². The second-order valence-electron chi connectivity index (χ2n) is 13.5. The first-order valence-corrected chi connectivity index (χ1v) is 21.7. The number of rotatable bonds is 41. The van der Waals surface area contributed by atoms with E-state index in [2.05, 4.69) is 36.4 Å². The molecule has 4 aromatic carbocycles. The molecule has 0 N–H and O–H groups in total. The van der Waals surface area contributed by atoms with Crippen molar-refractivity contribution in [1.82, 2.24) is 0 Å². The molecule has 13 nitrogen and oxygen atoms in total. The summed E-state index contributed by atoms with van der Waals surface area (Å²) in [5.74, 6) is 0.842. The molecule has 0 heterocycles. The van der Waals surface area contributed by atoms with Gasteiger partial charge in [0.15, 0.2) is 0 Å². The van der Waals surface area contributed by atoms with Gasteiger partial charge in [-0.25, -0.2) is 0 Å². The molecule has 0 atom stereocenters. The molecule has 0 radical (unpaired) electrons. The number of hydrogen-bond acceptors (Lipinski definition) is 13. The molecule has 0 saturated carbocycles. The van der Waals surface area contributed by atoms with Crippen LogP contribution in [0.1, 0.15) is 16.7 Å². The van der Waals surface area contributed by atoms with E-state index in [9.17, 15) is 0 Å². The Bertz CT molecular complexity index is 1460. The molecule has 0 spiro atoms. The summed E-state index contributed by atoms with van der Waals surface area (Å²) in [5, 5.41) is 0. The summed E-state index contributed by atoms with van der Waals surface area (Å²) in [6.07, 6.45) is 0. The van der Waals surface area contributed by atoms with E-state index < -0.39 is 5.60 Å². The van der Waals surface area contributed by atoms with Crippen molar-refractivity contribution in [2.45, 2.75) is 5.60 Å². The Labute approximate surface area is 368 Å². The number of ether oxygens (including phenoxy) is 13. The molecule has 4 rings (SSSR count). The van der Waals surface area contributed by atoms with Gasteiger partial charge in [-0.15, -0.1) is 0 Å². The van der Waals surface area contributed by atoms with E-state index in [-0.39, 0.29) is 0 Å². The molecule has 4 aromatic rings. The van der Waals surface area contributed by atoms with Crippen molar-refractivity contribution < 1.29 is 61.6 Å². The van der Waals surface area contributed by atoms with E-state index in [1.165, 1.54) is 0 Å². The van der Waals surface area contributed by atoms with Crippen molar-refractivity contribution in [2.24, 2.45) is 0 Å². The third-order valence-electron chi connectivity index (χ3n) is 9.05. The minimum absolute atomic E-state index is 0.413. The number of hydrogen-bond donors (Lipinski definition) is 0. The van der Waals surface area contributed by atoms with E-state index in [4.69, 9.17) is 61.6 Å².